The van der Waals surface area contributed by atoms with Crippen molar-refractivity contribution in [1.29, 1.82) is 0 Å². The van der Waals surface area contributed by atoms with Crippen LogP contribution >= 0.6 is 0 Å². The van der Waals surface area contributed by atoms with E-state index in [1.165, 1.54) is 6.92 Å². The Bertz CT molecular complexity index is 277. The van der Waals surface area contributed by atoms with Gasteiger partial charge in [0.1, 0.15) is 6.10 Å². The van der Waals surface area contributed by atoms with Crippen molar-refractivity contribution in [3.8, 4) is 0 Å². The van der Waals surface area contributed by atoms with Crippen molar-refractivity contribution < 1.29 is 14.0 Å². The standard InChI is InChI=1S/C13H26O3Si/c1-11(16-12(2)14)9-8-10-15-17(6,7)13(3,4)5/h8-9,11H,10H2,1-7H3/b9-8-/t11-/m0/s1. The van der Waals surface area contributed by atoms with Crippen molar-refractivity contribution in [3.63, 3.8) is 0 Å². The molecule has 0 aliphatic rings. The third-order valence-electron chi connectivity index (χ3n) is 3.11. The van der Waals surface area contributed by atoms with Gasteiger partial charge < -0.3 is 9.16 Å². The summed E-state index contributed by atoms with van der Waals surface area (Å²) in [5.41, 5.74) is 0. The maximum absolute atomic E-state index is 10.7. The second-order valence-corrected chi connectivity index (χ2v) is 10.6. The Morgan fingerprint density at radius 2 is 1.88 bits per heavy atom. The highest BCUT2D eigenvalue weighted by Gasteiger charge is 2.36. The Morgan fingerprint density at radius 1 is 1.35 bits per heavy atom. The third kappa shape index (κ3) is 6.63. The number of ether oxygens (including phenoxy) is 1. The van der Waals surface area contributed by atoms with Gasteiger partial charge in [0.25, 0.3) is 0 Å². The van der Waals surface area contributed by atoms with Gasteiger partial charge in [0, 0.05) is 6.92 Å². The van der Waals surface area contributed by atoms with E-state index in [-0.39, 0.29) is 17.1 Å². The summed E-state index contributed by atoms with van der Waals surface area (Å²) in [5.74, 6) is -0.257. The molecule has 0 N–H and O–H groups in total. The lowest BCUT2D eigenvalue weighted by atomic mass is 10.2. The van der Waals surface area contributed by atoms with Crippen LogP contribution in [-0.2, 0) is 14.0 Å². The minimum Gasteiger partial charge on any atom is -0.459 e. The van der Waals surface area contributed by atoms with Crippen LogP contribution in [0.2, 0.25) is 18.1 Å². The molecule has 0 bridgehead atoms. The summed E-state index contributed by atoms with van der Waals surface area (Å²) in [6.45, 7) is 14.9. The normalized spacial score (nSPS) is 15.0. The molecule has 0 unspecified atom stereocenters. The lowest BCUT2D eigenvalue weighted by Crippen LogP contribution is -2.40. The second-order valence-electron chi connectivity index (χ2n) is 5.81. The van der Waals surface area contributed by atoms with E-state index in [9.17, 15) is 4.79 Å². The molecule has 0 saturated heterocycles. The van der Waals surface area contributed by atoms with Gasteiger partial charge in [0.05, 0.1) is 6.61 Å². The maximum Gasteiger partial charge on any atom is 0.303 e. The van der Waals surface area contributed by atoms with E-state index in [0.717, 1.165) is 0 Å². The maximum atomic E-state index is 10.7. The van der Waals surface area contributed by atoms with Gasteiger partial charge in [-0.2, -0.15) is 0 Å². The molecule has 0 heterocycles. The quantitative estimate of drug-likeness (QED) is 0.430. The van der Waals surface area contributed by atoms with Gasteiger partial charge in [-0.15, -0.1) is 0 Å². The summed E-state index contributed by atoms with van der Waals surface area (Å²) in [7, 11) is -1.67. The first-order valence-corrected chi connectivity index (χ1v) is 8.95. The zero-order valence-corrected chi connectivity index (χ0v) is 13.2. The molecule has 0 saturated carbocycles. The highest BCUT2D eigenvalue weighted by atomic mass is 28.4. The molecule has 0 fully saturated rings. The van der Waals surface area contributed by atoms with Crippen LogP contribution in [0.25, 0.3) is 0 Å². The molecule has 0 aliphatic heterocycles. The Morgan fingerprint density at radius 3 is 2.29 bits per heavy atom. The zero-order chi connectivity index (χ0) is 13.7. The van der Waals surface area contributed by atoms with E-state index >= 15 is 0 Å². The molecule has 0 spiro atoms. The number of carbonyl (C=O) groups is 1. The minimum absolute atomic E-state index is 0.185. The summed E-state index contributed by atoms with van der Waals surface area (Å²) in [6.07, 6.45) is 3.60. The molecule has 1 atom stereocenters. The first-order valence-electron chi connectivity index (χ1n) is 6.04. The number of rotatable bonds is 5. The van der Waals surface area contributed by atoms with Crippen LogP contribution in [0, 0.1) is 0 Å². The summed E-state index contributed by atoms with van der Waals surface area (Å²) in [4.78, 5) is 10.7. The van der Waals surface area contributed by atoms with E-state index in [2.05, 4.69) is 33.9 Å². The predicted octanol–water partition coefficient (Wildman–Crippen LogP) is 3.52. The molecule has 0 aromatic carbocycles. The van der Waals surface area contributed by atoms with Gasteiger partial charge in [0.15, 0.2) is 8.32 Å². The number of hydrogen-bond acceptors (Lipinski definition) is 3. The van der Waals surface area contributed by atoms with E-state index < -0.39 is 8.32 Å². The van der Waals surface area contributed by atoms with Crippen LogP contribution < -0.4 is 0 Å². The number of carbonyl (C=O) groups excluding carboxylic acids is 1. The lowest BCUT2D eigenvalue weighted by molar-refractivity contribution is -0.143. The van der Waals surface area contributed by atoms with E-state index in [0.29, 0.717) is 6.61 Å². The van der Waals surface area contributed by atoms with Crippen LogP contribution in [-0.4, -0.2) is 27.0 Å². The fraction of sp³-hybridized carbons (Fsp3) is 0.769. The molecular weight excluding hydrogens is 232 g/mol. The highest BCUT2D eigenvalue weighted by molar-refractivity contribution is 6.74. The average Bonchev–Trinajstić information content (AvgIpc) is 2.09. The van der Waals surface area contributed by atoms with Crippen molar-refractivity contribution >= 4 is 14.3 Å². The van der Waals surface area contributed by atoms with Crippen LogP contribution in [0.3, 0.4) is 0 Å². The average molecular weight is 258 g/mol. The van der Waals surface area contributed by atoms with Crippen molar-refractivity contribution in [2.24, 2.45) is 0 Å². The first-order chi connectivity index (χ1) is 7.56. The highest BCUT2D eigenvalue weighted by Crippen LogP contribution is 2.36. The molecule has 3 nitrogen and oxygen atoms in total. The van der Waals surface area contributed by atoms with Gasteiger partial charge in [-0.1, -0.05) is 26.8 Å². The molecule has 0 aliphatic carbocycles. The van der Waals surface area contributed by atoms with Gasteiger partial charge >= 0.3 is 5.97 Å². The summed E-state index contributed by atoms with van der Waals surface area (Å²) in [5, 5.41) is 0.225. The predicted molar refractivity (Wildman–Crippen MR) is 73.5 cm³/mol. The lowest BCUT2D eigenvalue weighted by Gasteiger charge is -2.35. The van der Waals surface area contributed by atoms with Crippen LogP contribution in [0.15, 0.2) is 12.2 Å². The number of esters is 1. The smallest absolute Gasteiger partial charge is 0.303 e. The van der Waals surface area contributed by atoms with Crippen molar-refractivity contribution in [1.82, 2.24) is 0 Å². The van der Waals surface area contributed by atoms with Crippen LogP contribution in [0.4, 0.5) is 0 Å². The van der Waals surface area contributed by atoms with Gasteiger partial charge in [-0.05, 0) is 31.1 Å². The van der Waals surface area contributed by atoms with Crippen molar-refractivity contribution in [2.45, 2.75) is 58.9 Å². The summed E-state index contributed by atoms with van der Waals surface area (Å²) < 4.78 is 10.9. The molecule has 0 rings (SSSR count). The Balaban J connectivity index is 4.07. The fourth-order valence-electron chi connectivity index (χ4n) is 1.02. The van der Waals surface area contributed by atoms with Gasteiger partial charge in [-0.25, -0.2) is 0 Å². The summed E-state index contributed by atoms with van der Waals surface area (Å²) >= 11 is 0. The molecule has 0 amide bonds. The van der Waals surface area contributed by atoms with Crippen LogP contribution in [0.1, 0.15) is 34.6 Å². The van der Waals surface area contributed by atoms with Gasteiger partial charge in [0.2, 0.25) is 0 Å². The van der Waals surface area contributed by atoms with E-state index in [1.54, 1.807) is 0 Å². The fourth-order valence-corrected chi connectivity index (χ4v) is 1.97. The van der Waals surface area contributed by atoms with E-state index in [1.807, 2.05) is 19.1 Å². The SMILES string of the molecule is CC(=O)O[C@@H](C)/C=C\CO[Si](C)(C)C(C)(C)C. The van der Waals surface area contributed by atoms with Crippen LogP contribution in [0.5, 0.6) is 0 Å². The van der Waals surface area contributed by atoms with Crippen molar-refractivity contribution in [2.75, 3.05) is 6.61 Å². The number of hydrogen-bond donors (Lipinski definition) is 0. The molecular formula is C13H26O3Si. The molecule has 17 heavy (non-hydrogen) atoms. The minimum atomic E-state index is -1.67. The Hall–Kier alpha value is -0.613. The molecule has 0 aromatic heterocycles. The molecule has 4 heteroatoms. The third-order valence-corrected chi connectivity index (χ3v) is 7.61. The van der Waals surface area contributed by atoms with E-state index in [4.69, 9.17) is 9.16 Å². The second kappa shape index (κ2) is 6.35. The Labute approximate surface area is 106 Å². The van der Waals surface area contributed by atoms with Gasteiger partial charge in [-0.3, -0.25) is 4.79 Å². The molecule has 100 valence electrons. The zero-order valence-electron chi connectivity index (χ0n) is 12.2. The molecule has 0 radical (unpaired) electrons. The first kappa shape index (κ1) is 16.4. The topological polar surface area (TPSA) is 35.5 Å². The molecule has 0 aromatic rings. The van der Waals surface area contributed by atoms with Crippen molar-refractivity contribution in [3.05, 3.63) is 12.2 Å². The summed E-state index contributed by atoms with van der Waals surface area (Å²) in [6, 6.07) is 0. The monoisotopic (exact) mass is 258 g/mol. The largest absolute Gasteiger partial charge is 0.459 e. The Kier molecular flexibility index (Phi) is 6.13.